The third-order valence-corrected chi connectivity index (χ3v) is 2.10. The summed E-state index contributed by atoms with van der Waals surface area (Å²) in [5, 5.41) is 0. The fourth-order valence-electron chi connectivity index (χ4n) is 1.02. The molecule has 65 valence electrons. The van der Waals surface area contributed by atoms with Crippen LogP contribution in [0.25, 0.3) is 0 Å². The van der Waals surface area contributed by atoms with Crippen molar-refractivity contribution in [2.24, 2.45) is 0 Å². The molecule has 0 N–H and O–H groups in total. The number of terminal acetylenes is 1. The molecule has 0 saturated carbocycles. The Morgan fingerprint density at radius 2 is 2.00 bits per heavy atom. The van der Waals surface area contributed by atoms with E-state index in [0.717, 1.165) is 12.8 Å². The zero-order valence-electron chi connectivity index (χ0n) is 8.28. The van der Waals surface area contributed by atoms with Gasteiger partial charge in [0.1, 0.15) is 0 Å². The third kappa shape index (κ3) is 3.44. The smallest absolute Gasteiger partial charge is 0.0296 e. The molecule has 0 atom stereocenters. The van der Waals surface area contributed by atoms with Crippen molar-refractivity contribution in [3.05, 3.63) is 29.7 Å². The van der Waals surface area contributed by atoms with Crippen molar-refractivity contribution >= 4 is 0 Å². The number of rotatable bonds is 4. The number of allylic oxidation sites excluding steroid dienone is 3. The molecule has 0 amide bonds. The van der Waals surface area contributed by atoms with Gasteiger partial charge in [0.25, 0.3) is 0 Å². The molecule has 0 fully saturated rings. The Balaban J connectivity index is 4.33. The first-order valence-electron chi connectivity index (χ1n) is 4.17. The van der Waals surface area contributed by atoms with Gasteiger partial charge >= 0.3 is 0 Å². The second kappa shape index (κ2) is 5.66. The molecular formula is C12H17. The first-order chi connectivity index (χ1) is 5.63. The van der Waals surface area contributed by atoms with E-state index in [0.29, 0.717) is 0 Å². The zero-order valence-corrected chi connectivity index (χ0v) is 8.28. The van der Waals surface area contributed by atoms with Crippen LogP contribution in [0.15, 0.2) is 23.8 Å². The molecule has 0 aromatic rings. The van der Waals surface area contributed by atoms with Crippen molar-refractivity contribution in [2.45, 2.75) is 33.6 Å². The maximum absolute atomic E-state index is 5.23. The maximum atomic E-state index is 5.23. The highest BCUT2D eigenvalue weighted by molar-refractivity contribution is 5.28. The second-order valence-corrected chi connectivity index (χ2v) is 3.06. The lowest BCUT2D eigenvalue weighted by molar-refractivity contribution is 0.973. The minimum absolute atomic E-state index is 0.750. The molecule has 12 heavy (non-hydrogen) atoms. The highest BCUT2D eigenvalue weighted by atomic mass is 14.1. The maximum Gasteiger partial charge on any atom is 0.0296 e. The minimum atomic E-state index is 0.750. The molecule has 0 nitrogen and oxygen atoms in total. The van der Waals surface area contributed by atoms with E-state index in [9.17, 15) is 0 Å². The quantitative estimate of drug-likeness (QED) is 0.437. The molecule has 0 spiro atoms. The molecule has 0 bridgehead atoms. The van der Waals surface area contributed by atoms with Gasteiger partial charge in [0.2, 0.25) is 0 Å². The van der Waals surface area contributed by atoms with Gasteiger partial charge < -0.3 is 0 Å². The fourth-order valence-corrected chi connectivity index (χ4v) is 1.02. The van der Waals surface area contributed by atoms with E-state index in [2.05, 4.69) is 33.3 Å². The van der Waals surface area contributed by atoms with Gasteiger partial charge in [-0.1, -0.05) is 24.1 Å². The number of hydrogen-bond acceptors (Lipinski definition) is 0. The Morgan fingerprint density at radius 3 is 2.42 bits per heavy atom. The predicted molar refractivity (Wildman–Crippen MR) is 55.6 cm³/mol. The molecule has 0 aliphatic carbocycles. The van der Waals surface area contributed by atoms with Gasteiger partial charge in [-0.2, -0.15) is 0 Å². The largest absolute Gasteiger partial charge is 0.120 e. The Labute approximate surface area is 76.4 Å². The minimum Gasteiger partial charge on any atom is -0.120 e. The van der Waals surface area contributed by atoms with Gasteiger partial charge in [-0.05, 0) is 20.3 Å². The average molecular weight is 161 g/mol. The Hall–Kier alpha value is -0.960. The van der Waals surface area contributed by atoms with E-state index in [-0.39, 0.29) is 0 Å². The van der Waals surface area contributed by atoms with Crippen molar-refractivity contribution < 1.29 is 0 Å². The summed E-state index contributed by atoms with van der Waals surface area (Å²) < 4.78 is 0. The van der Waals surface area contributed by atoms with Gasteiger partial charge in [0, 0.05) is 12.3 Å². The van der Waals surface area contributed by atoms with Crippen molar-refractivity contribution in [2.75, 3.05) is 0 Å². The molecule has 0 heterocycles. The van der Waals surface area contributed by atoms with Gasteiger partial charge in [0.05, 0.1) is 0 Å². The van der Waals surface area contributed by atoms with Crippen LogP contribution in [0.1, 0.15) is 33.6 Å². The Bertz CT molecular complexity index is 213. The average Bonchev–Trinajstić information content (AvgIpc) is 2.04. The molecule has 0 saturated heterocycles. The van der Waals surface area contributed by atoms with Crippen LogP contribution < -0.4 is 0 Å². The van der Waals surface area contributed by atoms with Gasteiger partial charge in [-0.3, -0.25) is 0 Å². The van der Waals surface area contributed by atoms with Crippen LogP contribution in [0.2, 0.25) is 0 Å². The Kier molecular flexibility index (Phi) is 5.21. The highest BCUT2D eigenvalue weighted by Crippen LogP contribution is 2.21. The summed E-state index contributed by atoms with van der Waals surface area (Å²) in [6, 6.07) is 0. The predicted octanol–water partition coefficient (Wildman–Crippen LogP) is 3.52. The summed E-state index contributed by atoms with van der Waals surface area (Å²) in [5.74, 6) is 4.01. The summed E-state index contributed by atoms with van der Waals surface area (Å²) in [5.41, 5.74) is 2.62. The summed E-state index contributed by atoms with van der Waals surface area (Å²) in [7, 11) is 0. The fraction of sp³-hybridized carbons (Fsp3) is 0.417. The van der Waals surface area contributed by atoms with Crippen LogP contribution in [-0.2, 0) is 0 Å². The van der Waals surface area contributed by atoms with Gasteiger partial charge in [0.15, 0.2) is 0 Å². The molecule has 0 aromatic heterocycles. The highest BCUT2D eigenvalue weighted by Gasteiger charge is 2.04. The Morgan fingerprint density at radius 1 is 1.42 bits per heavy atom. The van der Waals surface area contributed by atoms with Crippen LogP contribution in [0, 0.1) is 18.3 Å². The van der Waals surface area contributed by atoms with E-state index < -0.39 is 0 Å². The van der Waals surface area contributed by atoms with Crippen molar-refractivity contribution in [1.82, 2.24) is 0 Å². The summed E-state index contributed by atoms with van der Waals surface area (Å²) >= 11 is 0. The summed E-state index contributed by atoms with van der Waals surface area (Å²) in [6.07, 6.45) is 8.85. The second-order valence-electron chi connectivity index (χ2n) is 3.06. The first kappa shape index (κ1) is 11.0. The summed E-state index contributed by atoms with van der Waals surface area (Å²) in [6.45, 7) is 10.0. The monoisotopic (exact) mass is 161 g/mol. The molecule has 1 radical (unpaired) electrons. The summed E-state index contributed by atoms with van der Waals surface area (Å²) in [4.78, 5) is 0. The van der Waals surface area contributed by atoms with Crippen LogP contribution in [-0.4, -0.2) is 0 Å². The number of hydrogen-bond donors (Lipinski definition) is 0. The standard InChI is InChI=1S/C12H17/c1-6-8-10(3)12(5)11(4)9-7-2/h1,7H,2,8-9H2,3-5H3. The van der Waals surface area contributed by atoms with Gasteiger partial charge in [-0.15, -0.1) is 18.9 Å². The lowest BCUT2D eigenvalue weighted by Gasteiger charge is -2.11. The molecule has 0 unspecified atom stereocenters. The third-order valence-electron chi connectivity index (χ3n) is 2.10. The van der Waals surface area contributed by atoms with Crippen LogP contribution >= 0.6 is 0 Å². The van der Waals surface area contributed by atoms with Crippen molar-refractivity contribution in [3.63, 3.8) is 0 Å². The van der Waals surface area contributed by atoms with E-state index >= 15 is 0 Å². The van der Waals surface area contributed by atoms with E-state index in [1.807, 2.05) is 6.08 Å². The van der Waals surface area contributed by atoms with Crippen LogP contribution in [0.3, 0.4) is 0 Å². The molecule has 0 heteroatoms. The lowest BCUT2D eigenvalue weighted by atomic mass is 9.94. The van der Waals surface area contributed by atoms with E-state index in [1.165, 1.54) is 17.1 Å². The van der Waals surface area contributed by atoms with Gasteiger partial charge in [-0.25, -0.2) is 0 Å². The van der Waals surface area contributed by atoms with Crippen LogP contribution in [0.4, 0.5) is 0 Å². The normalized spacial score (nSPS) is 12.2. The zero-order chi connectivity index (χ0) is 9.56. The lowest BCUT2D eigenvalue weighted by Crippen LogP contribution is -1.94. The molecule has 0 rings (SSSR count). The molecule has 0 aliphatic rings. The van der Waals surface area contributed by atoms with Crippen molar-refractivity contribution in [3.8, 4) is 12.3 Å². The van der Waals surface area contributed by atoms with Crippen LogP contribution in [0.5, 0.6) is 0 Å². The molecule has 0 aromatic carbocycles. The SMILES string of the molecule is C#CCC(C)=C(C)[C](C)CC=C. The van der Waals surface area contributed by atoms with E-state index in [4.69, 9.17) is 6.42 Å². The van der Waals surface area contributed by atoms with Crippen molar-refractivity contribution in [1.29, 1.82) is 0 Å². The molecular weight excluding hydrogens is 144 g/mol. The topological polar surface area (TPSA) is 0 Å². The first-order valence-corrected chi connectivity index (χ1v) is 4.17. The van der Waals surface area contributed by atoms with E-state index in [1.54, 1.807) is 0 Å². The molecule has 0 aliphatic heterocycles.